The van der Waals surface area contributed by atoms with Gasteiger partial charge in [-0.15, -0.1) is 0 Å². The van der Waals surface area contributed by atoms with E-state index in [1.54, 1.807) is 6.20 Å². The lowest BCUT2D eigenvalue weighted by Crippen LogP contribution is -2.48. The number of anilines is 1. The van der Waals surface area contributed by atoms with Crippen molar-refractivity contribution in [3.63, 3.8) is 0 Å². The van der Waals surface area contributed by atoms with Crippen molar-refractivity contribution >= 4 is 5.82 Å². The van der Waals surface area contributed by atoms with Gasteiger partial charge >= 0.3 is 0 Å². The van der Waals surface area contributed by atoms with Crippen LogP contribution in [-0.4, -0.2) is 32.8 Å². The fourth-order valence-corrected chi connectivity index (χ4v) is 1.93. The molecule has 0 aromatic carbocycles. The van der Waals surface area contributed by atoms with E-state index in [4.69, 9.17) is 0 Å². The number of nitrogens with zero attached hydrogens (tertiary/aromatic N) is 5. The summed E-state index contributed by atoms with van der Waals surface area (Å²) in [5.41, 5.74) is 0. The number of hydrogen-bond donors (Lipinski definition) is 0. The van der Waals surface area contributed by atoms with Crippen LogP contribution in [0.2, 0.25) is 0 Å². The van der Waals surface area contributed by atoms with E-state index < -0.39 is 0 Å². The average Bonchev–Trinajstić information content (AvgIpc) is 2.69. The Labute approximate surface area is 93.7 Å². The fourth-order valence-electron chi connectivity index (χ4n) is 1.93. The van der Waals surface area contributed by atoms with E-state index in [9.17, 15) is 0 Å². The second-order valence-corrected chi connectivity index (χ2v) is 4.01. The summed E-state index contributed by atoms with van der Waals surface area (Å²) >= 11 is 0. The van der Waals surface area contributed by atoms with Gasteiger partial charge in [-0.25, -0.2) is 9.97 Å². The quantitative estimate of drug-likeness (QED) is 0.751. The van der Waals surface area contributed by atoms with E-state index in [0.717, 1.165) is 24.7 Å². The van der Waals surface area contributed by atoms with Crippen molar-refractivity contribution in [3.05, 3.63) is 36.5 Å². The molecule has 0 bridgehead atoms. The van der Waals surface area contributed by atoms with Gasteiger partial charge in [0.1, 0.15) is 11.6 Å². The Bertz CT molecular complexity index is 473. The molecule has 0 N–H and O–H groups in total. The summed E-state index contributed by atoms with van der Waals surface area (Å²) in [4.78, 5) is 10.7. The molecule has 3 heterocycles. The predicted molar refractivity (Wildman–Crippen MR) is 60.2 cm³/mol. The highest BCUT2D eigenvalue weighted by molar-refractivity contribution is 5.41. The van der Waals surface area contributed by atoms with Crippen LogP contribution in [-0.2, 0) is 0 Å². The summed E-state index contributed by atoms with van der Waals surface area (Å²) in [6.45, 7) is 3.85. The molecule has 2 aromatic heterocycles. The van der Waals surface area contributed by atoms with Crippen LogP contribution in [0.4, 0.5) is 5.82 Å². The molecule has 0 amide bonds. The lowest BCUT2D eigenvalue weighted by atomic mass is 10.1. The second kappa shape index (κ2) is 3.59. The zero-order chi connectivity index (χ0) is 11.0. The Morgan fingerprint density at radius 2 is 2.19 bits per heavy atom. The van der Waals surface area contributed by atoms with E-state index in [1.165, 1.54) is 0 Å². The monoisotopic (exact) mass is 215 g/mol. The standard InChI is InChI=1S/C11H13N5/c1-9-12-5-3-11(14-9)15-7-10(8-15)16-6-2-4-13-16/h2-6,10H,7-8H2,1H3. The van der Waals surface area contributed by atoms with Gasteiger partial charge in [-0.1, -0.05) is 0 Å². The smallest absolute Gasteiger partial charge is 0.132 e. The van der Waals surface area contributed by atoms with Crippen LogP contribution in [0, 0.1) is 6.92 Å². The molecule has 1 aliphatic heterocycles. The third kappa shape index (κ3) is 1.54. The highest BCUT2D eigenvalue weighted by Gasteiger charge is 2.29. The molecule has 0 aliphatic carbocycles. The molecule has 1 aliphatic rings. The van der Waals surface area contributed by atoms with Crippen molar-refractivity contribution in [1.29, 1.82) is 0 Å². The average molecular weight is 215 g/mol. The Morgan fingerprint density at radius 1 is 1.31 bits per heavy atom. The van der Waals surface area contributed by atoms with Gasteiger partial charge in [0, 0.05) is 31.7 Å². The lowest BCUT2D eigenvalue weighted by molar-refractivity contribution is 0.365. The van der Waals surface area contributed by atoms with E-state index in [1.807, 2.05) is 36.1 Å². The molecule has 82 valence electrons. The first-order valence-corrected chi connectivity index (χ1v) is 5.36. The number of hydrogen-bond acceptors (Lipinski definition) is 4. The molecule has 0 radical (unpaired) electrons. The first kappa shape index (κ1) is 9.33. The van der Waals surface area contributed by atoms with Crippen molar-refractivity contribution in [2.45, 2.75) is 13.0 Å². The summed E-state index contributed by atoms with van der Waals surface area (Å²) < 4.78 is 2.00. The van der Waals surface area contributed by atoms with E-state index in [0.29, 0.717) is 6.04 Å². The molecular weight excluding hydrogens is 202 g/mol. The predicted octanol–water partition coefficient (Wildman–Crippen LogP) is 1.04. The van der Waals surface area contributed by atoms with Gasteiger partial charge in [0.25, 0.3) is 0 Å². The molecule has 3 rings (SSSR count). The molecule has 5 nitrogen and oxygen atoms in total. The third-order valence-corrected chi connectivity index (χ3v) is 2.85. The normalized spacial score (nSPS) is 16.2. The largest absolute Gasteiger partial charge is 0.352 e. The molecular formula is C11H13N5. The van der Waals surface area contributed by atoms with Crippen LogP contribution >= 0.6 is 0 Å². The first-order chi connectivity index (χ1) is 7.83. The second-order valence-electron chi connectivity index (χ2n) is 4.01. The fraction of sp³-hybridized carbons (Fsp3) is 0.364. The zero-order valence-corrected chi connectivity index (χ0v) is 9.11. The van der Waals surface area contributed by atoms with Gasteiger partial charge in [-0.05, 0) is 19.1 Å². The molecule has 2 aromatic rings. The van der Waals surface area contributed by atoms with Crippen LogP contribution in [0.5, 0.6) is 0 Å². The summed E-state index contributed by atoms with van der Waals surface area (Å²) in [5.74, 6) is 1.83. The van der Waals surface area contributed by atoms with Crippen LogP contribution in [0.3, 0.4) is 0 Å². The van der Waals surface area contributed by atoms with E-state index in [-0.39, 0.29) is 0 Å². The Hall–Kier alpha value is -1.91. The molecule has 0 spiro atoms. The van der Waals surface area contributed by atoms with Crippen molar-refractivity contribution < 1.29 is 0 Å². The maximum atomic E-state index is 4.40. The van der Waals surface area contributed by atoms with Gasteiger partial charge in [0.2, 0.25) is 0 Å². The number of aromatic nitrogens is 4. The molecule has 5 heteroatoms. The Kier molecular flexibility index (Phi) is 2.09. The van der Waals surface area contributed by atoms with Gasteiger partial charge in [-0.2, -0.15) is 5.10 Å². The highest BCUT2D eigenvalue weighted by Crippen LogP contribution is 2.25. The maximum absolute atomic E-state index is 4.40. The minimum absolute atomic E-state index is 0.477. The van der Waals surface area contributed by atoms with Crippen molar-refractivity contribution in [2.24, 2.45) is 0 Å². The minimum Gasteiger partial charge on any atom is -0.352 e. The van der Waals surface area contributed by atoms with Crippen molar-refractivity contribution in [3.8, 4) is 0 Å². The number of rotatable bonds is 2. The molecule has 0 saturated carbocycles. The molecule has 1 saturated heterocycles. The maximum Gasteiger partial charge on any atom is 0.132 e. The highest BCUT2D eigenvalue weighted by atomic mass is 15.4. The molecule has 16 heavy (non-hydrogen) atoms. The Morgan fingerprint density at radius 3 is 2.88 bits per heavy atom. The summed E-state index contributed by atoms with van der Waals surface area (Å²) in [5, 5.41) is 4.24. The SMILES string of the molecule is Cc1nccc(N2CC(n3cccn3)C2)n1. The van der Waals surface area contributed by atoms with Gasteiger partial charge in [0.05, 0.1) is 6.04 Å². The minimum atomic E-state index is 0.477. The molecule has 1 fully saturated rings. The van der Waals surface area contributed by atoms with Gasteiger partial charge in [0.15, 0.2) is 0 Å². The lowest BCUT2D eigenvalue weighted by Gasteiger charge is -2.40. The van der Waals surface area contributed by atoms with E-state index >= 15 is 0 Å². The van der Waals surface area contributed by atoms with Crippen molar-refractivity contribution in [2.75, 3.05) is 18.0 Å². The van der Waals surface area contributed by atoms with Crippen molar-refractivity contribution in [1.82, 2.24) is 19.7 Å². The van der Waals surface area contributed by atoms with Gasteiger partial charge in [-0.3, -0.25) is 4.68 Å². The summed E-state index contributed by atoms with van der Waals surface area (Å²) in [6.07, 6.45) is 5.63. The zero-order valence-electron chi connectivity index (χ0n) is 9.11. The van der Waals surface area contributed by atoms with Gasteiger partial charge < -0.3 is 4.90 Å². The summed E-state index contributed by atoms with van der Waals surface area (Å²) in [6, 6.07) is 4.38. The van der Waals surface area contributed by atoms with E-state index in [2.05, 4.69) is 20.0 Å². The summed E-state index contributed by atoms with van der Waals surface area (Å²) in [7, 11) is 0. The van der Waals surface area contributed by atoms with Crippen LogP contribution in [0.15, 0.2) is 30.7 Å². The topological polar surface area (TPSA) is 46.8 Å². The molecule has 0 unspecified atom stereocenters. The Balaban J connectivity index is 1.69. The van der Waals surface area contributed by atoms with Crippen LogP contribution in [0.25, 0.3) is 0 Å². The molecule has 0 atom stereocenters. The number of aryl methyl sites for hydroxylation is 1. The van der Waals surface area contributed by atoms with Crippen LogP contribution in [0.1, 0.15) is 11.9 Å². The first-order valence-electron chi connectivity index (χ1n) is 5.36. The third-order valence-electron chi connectivity index (χ3n) is 2.85. The van der Waals surface area contributed by atoms with Crippen LogP contribution < -0.4 is 4.90 Å².